The molecule has 0 spiro atoms. The molecule has 1 fully saturated rings. The molecule has 1 heterocycles. The van der Waals surface area contributed by atoms with E-state index in [4.69, 9.17) is 10.5 Å². The number of nitrogen functional groups attached to an aromatic ring is 1. The number of carbonyl (C=O) groups is 1. The van der Waals surface area contributed by atoms with E-state index in [2.05, 4.69) is 0 Å². The normalized spacial score (nSPS) is 15.6. The van der Waals surface area contributed by atoms with Gasteiger partial charge in [-0.25, -0.2) is 0 Å². The summed E-state index contributed by atoms with van der Waals surface area (Å²) >= 11 is 0. The fourth-order valence-corrected chi connectivity index (χ4v) is 2.07. The van der Waals surface area contributed by atoms with Gasteiger partial charge in [0.2, 0.25) is 5.91 Å². The van der Waals surface area contributed by atoms with Crippen molar-refractivity contribution in [3.63, 3.8) is 0 Å². The Morgan fingerprint density at radius 1 is 1.44 bits per heavy atom. The fourth-order valence-electron chi connectivity index (χ4n) is 2.07. The molecule has 0 aliphatic carbocycles. The molecular formula is C12H16N2O2. The maximum Gasteiger partial charge on any atom is 0.227 e. The first-order valence-electron chi connectivity index (χ1n) is 5.38. The number of ether oxygens (including phenoxy) is 1. The van der Waals surface area contributed by atoms with Crippen molar-refractivity contribution in [1.29, 1.82) is 0 Å². The maximum absolute atomic E-state index is 11.7. The number of aryl methyl sites for hydroxylation is 1. The van der Waals surface area contributed by atoms with Crippen LogP contribution in [0.1, 0.15) is 18.4 Å². The van der Waals surface area contributed by atoms with Crippen molar-refractivity contribution >= 4 is 17.3 Å². The molecule has 1 aliphatic rings. The van der Waals surface area contributed by atoms with E-state index in [1.807, 2.05) is 19.1 Å². The van der Waals surface area contributed by atoms with Crippen LogP contribution in [0.3, 0.4) is 0 Å². The summed E-state index contributed by atoms with van der Waals surface area (Å²) in [6, 6.07) is 3.69. The molecule has 4 nitrogen and oxygen atoms in total. The number of carbonyl (C=O) groups excluding carboxylic acids is 1. The van der Waals surface area contributed by atoms with E-state index in [1.54, 1.807) is 12.0 Å². The molecule has 1 saturated heterocycles. The summed E-state index contributed by atoms with van der Waals surface area (Å²) in [5, 5.41) is 0. The quantitative estimate of drug-likeness (QED) is 0.772. The number of nitrogens with zero attached hydrogens (tertiary/aromatic N) is 1. The molecule has 0 aromatic heterocycles. The topological polar surface area (TPSA) is 55.6 Å². The van der Waals surface area contributed by atoms with Gasteiger partial charge in [-0.15, -0.1) is 0 Å². The Kier molecular flexibility index (Phi) is 2.73. The number of hydrogen-bond donors (Lipinski definition) is 1. The second kappa shape index (κ2) is 4.04. The zero-order valence-corrected chi connectivity index (χ0v) is 9.62. The SMILES string of the molecule is COc1cc(N2CCCC2=O)c(C)cc1N. The number of amides is 1. The summed E-state index contributed by atoms with van der Waals surface area (Å²) in [6.07, 6.45) is 1.55. The first-order chi connectivity index (χ1) is 7.63. The monoisotopic (exact) mass is 220 g/mol. The minimum atomic E-state index is 0.176. The summed E-state index contributed by atoms with van der Waals surface area (Å²) in [4.78, 5) is 13.5. The number of benzene rings is 1. The molecule has 0 saturated carbocycles. The van der Waals surface area contributed by atoms with Crippen LogP contribution in [0.4, 0.5) is 11.4 Å². The summed E-state index contributed by atoms with van der Waals surface area (Å²) in [6.45, 7) is 2.74. The van der Waals surface area contributed by atoms with Crippen molar-refractivity contribution in [3.05, 3.63) is 17.7 Å². The molecule has 1 aromatic rings. The van der Waals surface area contributed by atoms with Crippen LogP contribution >= 0.6 is 0 Å². The van der Waals surface area contributed by atoms with Crippen LogP contribution in [0, 0.1) is 6.92 Å². The van der Waals surface area contributed by atoms with Crippen molar-refractivity contribution in [3.8, 4) is 5.75 Å². The Morgan fingerprint density at radius 3 is 2.75 bits per heavy atom. The molecule has 0 unspecified atom stereocenters. The van der Waals surface area contributed by atoms with Crippen molar-refractivity contribution in [1.82, 2.24) is 0 Å². The van der Waals surface area contributed by atoms with E-state index >= 15 is 0 Å². The zero-order valence-electron chi connectivity index (χ0n) is 9.62. The predicted molar refractivity (Wildman–Crippen MR) is 63.7 cm³/mol. The average Bonchev–Trinajstić information content (AvgIpc) is 2.65. The molecule has 0 atom stereocenters. The third kappa shape index (κ3) is 1.71. The van der Waals surface area contributed by atoms with E-state index in [0.717, 1.165) is 24.2 Å². The number of methoxy groups -OCH3 is 1. The Balaban J connectivity index is 2.43. The van der Waals surface area contributed by atoms with Crippen molar-refractivity contribution < 1.29 is 9.53 Å². The van der Waals surface area contributed by atoms with Gasteiger partial charge in [-0.3, -0.25) is 4.79 Å². The first kappa shape index (κ1) is 10.8. The molecular weight excluding hydrogens is 204 g/mol. The average molecular weight is 220 g/mol. The van der Waals surface area contributed by atoms with Gasteiger partial charge in [0.05, 0.1) is 18.5 Å². The van der Waals surface area contributed by atoms with Crippen molar-refractivity contribution in [2.24, 2.45) is 0 Å². The van der Waals surface area contributed by atoms with Gasteiger partial charge in [-0.2, -0.15) is 0 Å². The Bertz CT molecular complexity index is 429. The lowest BCUT2D eigenvalue weighted by atomic mass is 10.1. The molecule has 86 valence electrons. The molecule has 1 aromatic carbocycles. The highest BCUT2D eigenvalue weighted by Gasteiger charge is 2.23. The van der Waals surface area contributed by atoms with Crippen molar-refractivity contribution in [2.45, 2.75) is 19.8 Å². The molecule has 0 radical (unpaired) electrons. The smallest absolute Gasteiger partial charge is 0.227 e. The molecule has 1 aliphatic heterocycles. The summed E-state index contributed by atoms with van der Waals surface area (Å²) in [5.74, 6) is 0.801. The number of hydrogen-bond acceptors (Lipinski definition) is 3. The van der Waals surface area contributed by atoms with Crippen LogP contribution < -0.4 is 15.4 Å². The lowest BCUT2D eigenvalue weighted by Gasteiger charge is -2.20. The second-order valence-electron chi connectivity index (χ2n) is 4.03. The highest BCUT2D eigenvalue weighted by molar-refractivity contribution is 5.96. The maximum atomic E-state index is 11.7. The van der Waals surface area contributed by atoms with Gasteiger partial charge in [0.1, 0.15) is 5.75 Å². The summed E-state index contributed by atoms with van der Waals surface area (Å²) in [5.41, 5.74) is 8.33. The lowest BCUT2D eigenvalue weighted by Crippen LogP contribution is -2.24. The van der Waals surface area contributed by atoms with Gasteiger partial charge < -0.3 is 15.4 Å². The van der Waals surface area contributed by atoms with E-state index in [-0.39, 0.29) is 5.91 Å². The van der Waals surface area contributed by atoms with Gasteiger partial charge >= 0.3 is 0 Å². The fraction of sp³-hybridized carbons (Fsp3) is 0.417. The predicted octanol–water partition coefficient (Wildman–Crippen LogP) is 1.71. The van der Waals surface area contributed by atoms with Crippen LogP contribution in [-0.4, -0.2) is 19.6 Å². The highest BCUT2D eigenvalue weighted by Crippen LogP contribution is 2.33. The van der Waals surface area contributed by atoms with Gasteiger partial charge in [-0.1, -0.05) is 0 Å². The van der Waals surface area contributed by atoms with Crippen LogP contribution in [-0.2, 0) is 4.79 Å². The van der Waals surface area contributed by atoms with Crippen LogP contribution in [0.25, 0.3) is 0 Å². The van der Waals surface area contributed by atoms with Crippen molar-refractivity contribution in [2.75, 3.05) is 24.3 Å². The zero-order chi connectivity index (χ0) is 11.7. The third-order valence-corrected chi connectivity index (χ3v) is 2.91. The van der Waals surface area contributed by atoms with Crippen LogP contribution in [0.15, 0.2) is 12.1 Å². The second-order valence-corrected chi connectivity index (χ2v) is 4.03. The number of rotatable bonds is 2. The largest absolute Gasteiger partial charge is 0.495 e. The molecule has 16 heavy (non-hydrogen) atoms. The Labute approximate surface area is 95.0 Å². The highest BCUT2D eigenvalue weighted by atomic mass is 16.5. The van der Waals surface area contributed by atoms with Crippen LogP contribution in [0.2, 0.25) is 0 Å². The van der Waals surface area contributed by atoms with E-state index in [1.165, 1.54) is 0 Å². The molecule has 2 rings (SSSR count). The standard InChI is InChI=1S/C12H16N2O2/c1-8-6-9(13)11(16-2)7-10(8)14-5-3-4-12(14)15/h6-7H,3-5,13H2,1-2H3. The first-order valence-corrected chi connectivity index (χ1v) is 5.38. The molecule has 1 amide bonds. The summed E-state index contributed by atoms with van der Waals surface area (Å²) in [7, 11) is 1.58. The third-order valence-electron chi connectivity index (χ3n) is 2.91. The van der Waals surface area contributed by atoms with Gasteiger partial charge in [-0.05, 0) is 25.0 Å². The van der Waals surface area contributed by atoms with Gasteiger partial charge in [0, 0.05) is 19.0 Å². The van der Waals surface area contributed by atoms with E-state index in [0.29, 0.717) is 17.9 Å². The van der Waals surface area contributed by atoms with Gasteiger partial charge in [0.25, 0.3) is 0 Å². The number of anilines is 2. The van der Waals surface area contributed by atoms with E-state index in [9.17, 15) is 4.79 Å². The summed E-state index contributed by atoms with van der Waals surface area (Å²) < 4.78 is 5.17. The Hall–Kier alpha value is -1.71. The minimum absolute atomic E-state index is 0.176. The Morgan fingerprint density at radius 2 is 2.19 bits per heavy atom. The number of nitrogens with two attached hydrogens (primary N) is 1. The molecule has 0 bridgehead atoms. The molecule has 4 heteroatoms. The molecule has 2 N–H and O–H groups in total. The minimum Gasteiger partial charge on any atom is -0.495 e. The van der Waals surface area contributed by atoms with E-state index < -0.39 is 0 Å². The lowest BCUT2D eigenvalue weighted by molar-refractivity contribution is -0.117. The van der Waals surface area contributed by atoms with Gasteiger partial charge in [0.15, 0.2) is 0 Å². The van der Waals surface area contributed by atoms with Crippen LogP contribution in [0.5, 0.6) is 5.75 Å².